The molecule has 0 heterocycles. The third-order valence-electron chi connectivity index (χ3n) is 2.27. The number of rotatable bonds is 9. The van der Waals surface area contributed by atoms with Gasteiger partial charge in [-0.3, -0.25) is 4.79 Å². The van der Waals surface area contributed by atoms with E-state index in [-0.39, 0.29) is 5.91 Å². The van der Waals surface area contributed by atoms with Crippen LogP contribution >= 0.6 is 0 Å². The van der Waals surface area contributed by atoms with Crippen LogP contribution < -0.4 is 5.73 Å². The van der Waals surface area contributed by atoms with E-state index in [2.05, 4.69) is 6.92 Å². The molecule has 0 aromatic carbocycles. The highest BCUT2D eigenvalue weighted by molar-refractivity contribution is 5.78. The van der Waals surface area contributed by atoms with E-state index in [1.165, 1.54) is 32.1 Å². The number of amides is 1. The Morgan fingerprint density at radius 3 is 2.36 bits per heavy atom. The van der Waals surface area contributed by atoms with Gasteiger partial charge in [-0.15, -0.1) is 0 Å². The number of nitrogens with two attached hydrogens (primary N) is 1. The molecule has 0 saturated heterocycles. The second kappa shape index (κ2) is 9.00. The molecule has 2 N–H and O–H groups in total. The van der Waals surface area contributed by atoms with Crippen molar-refractivity contribution in [2.45, 2.75) is 58.5 Å². The van der Waals surface area contributed by atoms with E-state index < -0.39 is 6.10 Å². The lowest BCUT2D eigenvalue weighted by Gasteiger charge is -2.08. The first-order chi connectivity index (χ1) is 6.68. The van der Waals surface area contributed by atoms with Crippen molar-refractivity contribution in [3.05, 3.63) is 0 Å². The van der Waals surface area contributed by atoms with Gasteiger partial charge in [0.2, 0.25) is 5.91 Å². The zero-order valence-corrected chi connectivity index (χ0v) is 9.42. The minimum absolute atomic E-state index is 0.379. The molecule has 0 bridgehead atoms. The monoisotopic (exact) mass is 201 g/mol. The molecule has 0 aliphatic carbocycles. The zero-order valence-electron chi connectivity index (χ0n) is 9.42. The van der Waals surface area contributed by atoms with Gasteiger partial charge >= 0.3 is 0 Å². The van der Waals surface area contributed by atoms with Gasteiger partial charge < -0.3 is 10.5 Å². The summed E-state index contributed by atoms with van der Waals surface area (Å²) >= 11 is 0. The van der Waals surface area contributed by atoms with Gasteiger partial charge in [-0.05, 0) is 13.3 Å². The zero-order chi connectivity index (χ0) is 10.8. The Kier molecular flexibility index (Phi) is 8.64. The molecule has 84 valence electrons. The van der Waals surface area contributed by atoms with Crippen molar-refractivity contribution < 1.29 is 9.53 Å². The maximum Gasteiger partial charge on any atom is 0.246 e. The topological polar surface area (TPSA) is 52.3 Å². The Morgan fingerprint density at radius 2 is 1.79 bits per heavy atom. The number of primary amides is 1. The van der Waals surface area contributed by atoms with Crippen LogP contribution in [0.15, 0.2) is 0 Å². The number of ether oxygens (including phenoxy) is 1. The van der Waals surface area contributed by atoms with Crippen molar-refractivity contribution >= 4 is 5.91 Å². The van der Waals surface area contributed by atoms with Crippen LogP contribution in [0.25, 0.3) is 0 Å². The molecule has 1 atom stereocenters. The van der Waals surface area contributed by atoms with Gasteiger partial charge in [0.05, 0.1) is 0 Å². The third kappa shape index (κ3) is 8.05. The third-order valence-corrected chi connectivity index (χ3v) is 2.27. The van der Waals surface area contributed by atoms with E-state index in [9.17, 15) is 4.79 Å². The van der Waals surface area contributed by atoms with Gasteiger partial charge in [0.25, 0.3) is 0 Å². The normalized spacial score (nSPS) is 12.7. The van der Waals surface area contributed by atoms with E-state index >= 15 is 0 Å². The molecule has 0 aliphatic rings. The molecule has 0 spiro atoms. The molecule has 1 unspecified atom stereocenters. The Labute approximate surface area is 87.0 Å². The lowest BCUT2D eigenvalue weighted by Crippen LogP contribution is -2.28. The summed E-state index contributed by atoms with van der Waals surface area (Å²) in [6, 6.07) is 0. The van der Waals surface area contributed by atoms with Crippen LogP contribution in [0.4, 0.5) is 0 Å². The van der Waals surface area contributed by atoms with Crippen molar-refractivity contribution in [2.24, 2.45) is 5.73 Å². The molecule has 0 aromatic heterocycles. The first kappa shape index (κ1) is 13.4. The molecule has 0 aromatic rings. The van der Waals surface area contributed by atoms with Crippen molar-refractivity contribution in [1.29, 1.82) is 0 Å². The van der Waals surface area contributed by atoms with E-state index in [1.54, 1.807) is 6.92 Å². The van der Waals surface area contributed by atoms with Crippen molar-refractivity contribution in [1.82, 2.24) is 0 Å². The smallest absolute Gasteiger partial charge is 0.246 e. The highest BCUT2D eigenvalue weighted by atomic mass is 16.5. The lowest BCUT2D eigenvalue weighted by atomic mass is 10.1. The van der Waals surface area contributed by atoms with Crippen LogP contribution in [0.1, 0.15) is 52.4 Å². The predicted molar refractivity (Wildman–Crippen MR) is 58.0 cm³/mol. The molecule has 0 saturated carbocycles. The maximum atomic E-state index is 10.6. The molecular formula is C11H23NO2. The summed E-state index contributed by atoms with van der Waals surface area (Å²) in [7, 11) is 0. The summed E-state index contributed by atoms with van der Waals surface area (Å²) in [5.41, 5.74) is 5.05. The van der Waals surface area contributed by atoms with Crippen molar-refractivity contribution in [3.63, 3.8) is 0 Å². The second-order valence-electron chi connectivity index (χ2n) is 3.68. The van der Waals surface area contributed by atoms with E-state index in [4.69, 9.17) is 10.5 Å². The fourth-order valence-corrected chi connectivity index (χ4v) is 1.22. The first-order valence-corrected chi connectivity index (χ1v) is 5.59. The van der Waals surface area contributed by atoms with Gasteiger partial charge in [0, 0.05) is 6.61 Å². The summed E-state index contributed by atoms with van der Waals surface area (Å²) in [5.74, 6) is -0.379. The highest BCUT2D eigenvalue weighted by Crippen LogP contribution is 2.05. The van der Waals surface area contributed by atoms with Crippen LogP contribution in [-0.4, -0.2) is 18.6 Å². The lowest BCUT2D eigenvalue weighted by molar-refractivity contribution is -0.128. The first-order valence-electron chi connectivity index (χ1n) is 5.59. The number of hydrogen-bond donors (Lipinski definition) is 1. The molecule has 0 radical (unpaired) electrons. The van der Waals surface area contributed by atoms with Crippen LogP contribution in [0.5, 0.6) is 0 Å². The Bertz CT molecular complexity index is 148. The summed E-state index contributed by atoms with van der Waals surface area (Å²) in [6.07, 6.45) is 6.94. The van der Waals surface area contributed by atoms with Gasteiger partial charge in [0.15, 0.2) is 0 Å². The molecule has 14 heavy (non-hydrogen) atoms. The SMILES string of the molecule is CCCCCCCCOC(C)C(N)=O. The summed E-state index contributed by atoms with van der Waals surface area (Å²) in [5, 5.41) is 0. The van der Waals surface area contributed by atoms with Crippen molar-refractivity contribution in [2.75, 3.05) is 6.61 Å². The molecular weight excluding hydrogens is 178 g/mol. The number of carbonyl (C=O) groups is 1. The second-order valence-corrected chi connectivity index (χ2v) is 3.68. The van der Waals surface area contributed by atoms with Crippen LogP contribution in [0.2, 0.25) is 0 Å². The van der Waals surface area contributed by atoms with E-state index in [0.29, 0.717) is 6.61 Å². The molecule has 3 nitrogen and oxygen atoms in total. The van der Waals surface area contributed by atoms with Crippen LogP contribution in [-0.2, 0) is 9.53 Å². The highest BCUT2D eigenvalue weighted by Gasteiger charge is 2.07. The van der Waals surface area contributed by atoms with Crippen LogP contribution in [0, 0.1) is 0 Å². The molecule has 0 aliphatic heterocycles. The average Bonchev–Trinajstić information content (AvgIpc) is 2.16. The fourth-order valence-electron chi connectivity index (χ4n) is 1.22. The largest absolute Gasteiger partial charge is 0.369 e. The van der Waals surface area contributed by atoms with E-state index in [1.807, 2.05) is 0 Å². The fraction of sp³-hybridized carbons (Fsp3) is 0.909. The van der Waals surface area contributed by atoms with Gasteiger partial charge in [0.1, 0.15) is 6.10 Å². The minimum atomic E-state index is -0.439. The standard InChI is InChI=1S/C11H23NO2/c1-3-4-5-6-7-8-9-14-10(2)11(12)13/h10H,3-9H2,1-2H3,(H2,12,13). The minimum Gasteiger partial charge on any atom is -0.369 e. The Balaban J connectivity index is 3.09. The maximum absolute atomic E-state index is 10.6. The van der Waals surface area contributed by atoms with Gasteiger partial charge in [-0.2, -0.15) is 0 Å². The number of carbonyl (C=O) groups excluding carboxylic acids is 1. The number of hydrogen-bond acceptors (Lipinski definition) is 2. The van der Waals surface area contributed by atoms with Gasteiger partial charge in [-0.1, -0.05) is 39.0 Å². The summed E-state index contributed by atoms with van der Waals surface area (Å²) < 4.78 is 5.24. The average molecular weight is 201 g/mol. The van der Waals surface area contributed by atoms with Crippen molar-refractivity contribution in [3.8, 4) is 0 Å². The Morgan fingerprint density at radius 1 is 1.21 bits per heavy atom. The van der Waals surface area contributed by atoms with Gasteiger partial charge in [-0.25, -0.2) is 0 Å². The Hall–Kier alpha value is -0.570. The molecule has 0 rings (SSSR count). The summed E-state index contributed by atoms with van der Waals surface area (Å²) in [6.45, 7) is 4.55. The summed E-state index contributed by atoms with van der Waals surface area (Å²) in [4.78, 5) is 10.6. The predicted octanol–water partition coefficient (Wildman–Crippen LogP) is 2.24. The number of unbranched alkanes of at least 4 members (excludes halogenated alkanes) is 5. The van der Waals surface area contributed by atoms with Crippen LogP contribution in [0.3, 0.4) is 0 Å². The molecule has 3 heteroatoms. The quantitative estimate of drug-likeness (QED) is 0.582. The molecule has 0 fully saturated rings. The van der Waals surface area contributed by atoms with E-state index in [0.717, 1.165) is 6.42 Å². The molecule has 1 amide bonds.